The van der Waals surface area contributed by atoms with E-state index in [1.807, 2.05) is 49.5 Å². The van der Waals surface area contributed by atoms with E-state index in [9.17, 15) is 9.59 Å². The summed E-state index contributed by atoms with van der Waals surface area (Å²) in [6.07, 6.45) is 10.3. The second-order valence-electron chi connectivity index (χ2n) is 8.27. The van der Waals surface area contributed by atoms with Crippen LogP contribution in [0.2, 0.25) is 0 Å². The van der Waals surface area contributed by atoms with Crippen LogP contribution in [0, 0.1) is 6.92 Å². The van der Waals surface area contributed by atoms with E-state index in [0.29, 0.717) is 11.1 Å². The monoisotopic (exact) mass is 428 g/mol. The Morgan fingerprint density at radius 1 is 1.09 bits per heavy atom. The molecule has 164 valence electrons. The zero-order chi connectivity index (χ0) is 22.8. The molecule has 1 aromatic carbocycles. The van der Waals surface area contributed by atoms with Gasteiger partial charge < -0.3 is 14.5 Å². The number of para-hydroxylation sites is 1. The lowest BCUT2D eigenvalue weighted by atomic mass is 9.94. The van der Waals surface area contributed by atoms with Crippen LogP contribution in [-0.2, 0) is 16.1 Å². The number of fused-ring (bicyclic) bond motifs is 1. The van der Waals surface area contributed by atoms with Gasteiger partial charge in [0.05, 0.1) is 11.1 Å². The second-order valence-corrected chi connectivity index (χ2v) is 8.27. The largest absolute Gasteiger partial charge is 0.361 e. The highest BCUT2D eigenvalue weighted by atomic mass is 16.2. The lowest BCUT2D eigenvalue weighted by Gasteiger charge is -2.11. The van der Waals surface area contributed by atoms with Crippen molar-refractivity contribution in [3.05, 3.63) is 77.8 Å². The fraction of sp³-hybridized carbons (Fsp3) is 0.231. The van der Waals surface area contributed by atoms with Crippen LogP contribution in [0.3, 0.4) is 0 Å². The average molecular weight is 429 g/mol. The third-order valence-corrected chi connectivity index (χ3v) is 5.86. The minimum Gasteiger partial charge on any atom is -0.361 e. The van der Waals surface area contributed by atoms with E-state index in [1.54, 1.807) is 12.3 Å². The molecule has 0 bridgehead atoms. The van der Waals surface area contributed by atoms with E-state index in [4.69, 9.17) is 0 Å². The quantitative estimate of drug-likeness (QED) is 0.421. The van der Waals surface area contributed by atoms with Crippen LogP contribution < -0.4 is 5.32 Å². The van der Waals surface area contributed by atoms with Crippen molar-refractivity contribution in [3.8, 4) is 0 Å². The number of aromatic amines is 1. The van der Waals surface area contributed by atoms with Gasteiger partial charge in [-0.2, -0.15) is 0 Å². The summed E-state index contributed by atoms with van der Waals surface area (Å²) in [5.74, 6) is -0.736. The van der Waals surface area contributed by atoms with Crippen LogP contribution in [0.25, 0.3) is 28.1 Å². The Kier molecular flexibility index (Phi) is 5.97. The first-order valence-corrected chi connectivity index (χ1v) is 10.7. The van der Waals surface area contributed by atoms with Crippen LogP contribution >= 0.6 is 0 Å². The number of allylic oxidation sites excluding steroid dienone is 2. The number of benzene rings is 1. The molecule has 2 aromatic heterocycles. The molecular weight excluding hydrogens is 400 g/mol. The van der Waals surface area contributed by atoms with Gasteiger partial charge in [-0.15, -0.1) is 0 Å². The summed E-state index contributed by atoms with van der Waals surface area (Å²) in [6, 6.07) is 7.78. The molecule has 0 aliphatic carbocycles. The van der Waals surface area contributed by atoms with E-state index in [1.165, 1.54) is 0 Å². The molecular formula is C26H28N4O2. The molecule has 0 radical (unpaired) electrons. The fourth-order valence-corrected chi connectivity index (χ4v) is 4.28. The summed E-state index contributed by atoms with van der Waals surface area (Å²) in [4.78, 5) is 31.3. The van der Waals surface area contributed by atoms with Gasteiger partial charge >= 0.3 is 0 Å². The van der Waals surface area contributed by atoms with Crippen molar-refractivity contribution in [2.75, 3.05) is 20.6 Å². The SMILES string of the molecule is C=C/C=C\c1c(C2=C(c3c[nH]c4ccccc34)C(=O)NC2=O)cn(CCCN(C)C)c1C. The van der Waals surface area contributed by atoms with Crippen LogP contribution in [0.4, 0.5) is 0 Å². The fourth-order valence-electron chi connectivity index (χ4n) is 4.28. The summed E-state index contributed by atoms with van der Waals surface area (Å²) in [5.41, 5.74) is 5.21. The van der Waals surface area contributed by atoms with Crippen molar-refractivity contribution in [2.24, 2.45) is 0 Å². The molecule has 0 fully saturated rings. The third-order valence-electron chi connectivity index (χ3n) is 5.86. The predicted molar refractivity (Wildman–Crippen MR) is 130 cm³/mol. The third kappa shape index (κ3) is 3.85. The van der Waals surface area contributed by atoms with E-state index in [0.717, 1.165) is 52.8 Å². The highest BCUT2D eigenvalue weighted by Crippen LogP contribution is 2.37. The van der Waals surface area contributed by atoms with Gasteiger partial charge in [-0.25, -0.2) is 0 Å². The van der Waals surface area contributed by atoms with Gasteiger partial charge in [0.15, 0.2) is 0 Å². The summed E-state index contributed by atoms with van der Waals surface area (Å²) in [7, 11) is 4.11. The zero-order valence-electron chi connectivity index (χ0n) is 18.7. The molecule has 6 heteroatoms. The smallest absolute Gasteiger partial charge is 0.259 e. The van der Waals surface area contributed by atoms with Crippen LogP contribution in [-0.4, -0.2) is 46.9 Å². The molecule has 1 aliphatic rings. The number of amides is 2. The van der Waals surface area contributed by atoms with Crippen molar-refractivity contribution in [3.63, 3.8) is 0 Å². The van der Waals surface area contributed by atoms with Crippen LogP contribution in [0.5, 0.6) is 0 Å². The van der Waals surface area contributed by atoms with Gasteiger partial charge in [0, 0.05) is 52.2 Å². The highest BCUT2D eigenvalue weighted by Gasteiger charge is 2.35. The van der Waals surface area contributed by atoms with Gasteiger partial charge in [-0.05, 0) is 40.1 Å². The molecule has 32 heavy (non-hydrogen) atoms. The highest BCUT2D eigenvalue weighted by molar-refractivity contribution is 6.50. The van der Waals surface area contributed by atoms with Gasteiger partial charge in [0.25, 0.3) is 11.8 Å². The minimum atomic E-state index is -0.369. The molecule has 0 saturated heterocycles. The van der Waals surface area contributed by atoms with E-state index in [2.05, 4.69) is 40.4 Å². The summed E-state index contributed by atoms with van der Waals surface area (Å²) < 4.78 is 2.16. The van der Waals surface area contributed by atoms with Crippen molar-refractivity contribution in [2.45, 2.75) is 19.9 Å². The number of nitrogens with one attached hydrogen (secondary N) is 2. The predicted octanol–water partition coefficient (Wildman–Crippen LogP) is 4.00. The second kappa shape index (κ2) is 8.85. The van der Waals surface area contributed by atoms with Crippen molar-refractivity contribution < 1.29 is 9.59 Å². The van der Waals surface area contributed by atoms with Crippen LogP contribution in [0.1, 0.15) is 28.8 Å². The summed E-state index contributed by atoms with van der Waals surface area (Å²) in [6.45, 7) is 7.61. The van der Waals surface area contributed by atoms with Crippen molar-refractivity contribution >= 4 is 39.9 Å². The molecule has 4 rings (SSSR count). The van der Waals surface area contributed by atoms with E-state index < -0.39 is 0 Å². The van der Waals surface area contributed by atoms with Crippen molar-refractivity contribution in [1.29, 1.82) is 0 Å². The Bertz CT molecular complexity index is 1270. The molecule has 3 heterocycles. The first-order chi connectivity index (χ1) is 15.4. The maximum atomic E-state index is 13.0. The molecule has 0 saturated carbocycles. The van der Waals surface area contributed by atoms with Crippen LogP contribution in [0.15, 0.2) is 55.4 Å². The number of carbonyl (C=O) groups excluding carboxylic acids is 2. The first-order valence-electron chi connectivity index (χ1n) is 10.7. The Morgan fingerprint density at radius 3 is 2.53 bits per heavy atom. The molecule has 3 aromatic rings. The number of hydrogen-bond donors (Lipinski definition) is 2. The number of aromatic nitrogens is 2. The molecule has 1 aliphatic heterocycles. The van der Waals surface area contributed by atoms with Crippen molar-refractivity contribution in [1.82, 2.24) is 19.8 Å². The zero-order valence-corrected chi connectivity index (χ0v) is 18.7. The Hall–Kier alpha value is -3.64. The Balaban J connectivity index is 1.90. The molecule has 0 atom stereocenters. The van der Waals surface area contributed by atoms with E-state index in [-0.39, 0.29) is 11.8 Å². The topological polar surface area (TPSA) is 70.1 Å². The first kappa shape index (κ1) is 21.6. The average Bonchev–Trinajstić information content (AvgIpc) is 3.40. The summed E-state index contributed by atoms with van der Waals surface area (Å²) in [5, 5.41) is 3.42. The van der Waals surface area contributed by atoms with Gasteiger partial charge in [0.1, 0.15) is 0 Å². The number of rotatable bonds is 8. The normalized spacial score (nSPS) is 14.4. The number of aryl methyl sites for hydroxylation is 1. The van der Waals surface area contributed by atoms with E-state index >= 15 is 0 Å². The number of H-pyrrole nitrogens is 1. The van der Waals surface area contributed by atoms with Gasteiger partial charge in [-0.3, -0.25) is 14.9 Å². The Labute approximate surface area is 187 Å². The Morgan fingerprint density at radius 2 is 1.81 bits per heavy atom. The number of hydrogen-bond acceptors (Lipinski definition) is 3. The number of carbonyl (C=O) groups is 2. The molecule has 0 unspecified atom stereocenters. The maximum absolute atomic E-state index is 13.0. The minimum absolute atomic E-state index is 0.367. The van der Waals surface area contributed by atoms with Gasteiger partial charge in [-0.1, -0.05) is 43.0 Å². The molecule has 2 N–H and O–H groups in total. The standard InChI is InChI=1S/C26H28N4O2/c1-5-6-10-18-17(2)30(14-9-13-29(3)4)16-21(18)24-23(25(31)28-26(24)32)20-15-27-22-12-8-7-11-19(20)22/h5-8,10-12,15-16,27H,1,9,13-14H2,2-4H3,(H,28,31,32)/b10-6-. The number of nitrogens with zero attached hydrogens (tertiary/aromatic N) is 2. The summed E-state index contributed by atoms with van der Waals surface area (Å²) >= 11 is 0. The maximum Gasteiger partial charge on any atom is 0.259 e. The molecule has 0 spiro atoms. The lowest BCUT2D eigenvalue weighted by molar-refractivity contribution is -0.122. The van der Waals surface area contributed by atoms with Gasteiger partial charge in [0.2, 0.25) is 0 Å². The molecule has 6 nitrogen and oxygen atoms in total. The number of imide groups is 1. The lowest BCUT2D eigenvalue weighted by Crippen LogP contribution is -2.22. The molecule has 2 amide bonds.